The Morgan fingerprint density at radius 3 is 2.24 bits per heavy atom. The van der Waals surface area contributed by atoms with Gasteiger partial charge < -0.3 is 4.98 Å². The summed E-state index contributed by atoms with van der Waals surface area (Å²) in [6.07, 6.45) is -4.61. The average molecular weight is 408 g/mol. The molecule has 12 heteroatoms. The van der Waals surface area contributed by atoms with E-state index < -0.39 is 11.7 Å². The number of nitriles is 2. The number of aromatic amines is 1. The van der Waals surface area contributed by atoms with Crippen LogP contribution in [0, 0.1) is 22.7 Å². The molecule has 0 fully saturated rings. The SMILES string of the molecule is N#Cc1nc(/C(Cl)=N\Nc2c(Cl)cc(C(F)(F)F)cc2Cl)[nH]c1C#N. The second-order valence-corrected chi connectivity index (χ2v) is 5.53. The van der Waals surface area contributed by atoms with Gasteiger partial charge in [0.2, 0.25) is 0 Å². The molecule has 6 nitrogen and oxygen atoms in total. The Balaban J connectivity index is 2.32. The van der Waals surface area contributed by atoms with Gasteiger partial charge in [0.25, 0.3) is 0 Å². The molecule has 0 spiro atoms. The molecule has 1 heterocycles. The molecule has 1 aromatic carbocycles. The van der Waals surface area contributed by atoms with E-state index in [0.717, 1.165) is 0 Å². The fraction of sp³-hybridized carbons (Fsp3) is 0.0769. The Morgan fingerprint density at radius 2 is 1.80 bits per heavy atom. The summed E-state index contributed by atoms with van der Waals surface area (Å²) in [5.74, 6) is -0.0959. The van der Waals surface area contributed by atoms with Crippen LogP contribution < -0.4 is 5.43 Å². The van der Waals surface area contributed by atoms with Gasteiger partial charge in [-0.15, -0.1) is 0 Å². The summed E-state index contributed by atoms with van der Waals surface area (Å²) >= 11 is 17.4. The zero-order valence-electron chi connectivity index (χ0n) is 11.7. The predicted molar refractivity (Wildman–Crippen MR) is 85.5 cm³/mol. The lowest BCUT2D eigenvalue weighted by Crippen LogP contribution is -2.06. The normalized spacial score (nSPS) is 11.8. The van der Waals surface area contributed by atoms with Gasteiger partial charge in [0.1, 0.15) is 12.1 Å². The van der Waals surface area contributed by atoms with Crippen LogP contribution in [0.25, 0.3) is 0 Å². The molecule has 0 aliphatic heterocycles. The highest BCUT2D eigenvalue weighted by atomic mass is 35.5. The number of imidazole rings is 1. The lowest BCUT2D eigenvalue weighted by molar-refractivity contribution is -0.137. The first-order chi connectivity index (χ1) is 11.7. The fourth-order valence-corrected chi connectivity index (χ4v) is 2.34. The van der Waals surface area contributed by atoms with Gasteiger partial charge in [-0.1, -0.05) is 34.8 Å². The topological polar surface area (TPSA) is 101 Å². The number of anilines is 1. The highest BCUT2D eigenvalue weighted by Gasteiger charge is 2.32. The highest BCUT2D eigenvalue weighted by Crippen LogP contribution is 2.38. The number of benzene rings is 1. The van der Waals surface area contributed by atoms with Crippen molar-refractivity contribution in [1.29, 1.82) is 10.5 Å². The maximum Gasteiger partial charge on any atom is 0.416 e. The molecule has 2 rings (SSSR count). The van der Waals surface area contributed by atoms with Crippen LogP contribution in [-0.4, -0.2) is 15.1 Å². The molecule has 25 heavy (non-hydrogen) atoms. The molecule has 0 aliphatic carbocycles. The molecule has 0 saturated heterocycles. The maximum atomic E-state index is 12.7. The van der Waals surface area contributed by atoms with Crippen molar-refractivity contribution in [3.8, 4) is 12.1 Å². The molecular formula is C13H4Cl3F3N6. The molecule has 2 aromatic rings. The number of hydrazone groups is 1. The van der Waals surface area contributed by atoms with Crippen LogP contribution in [0.3, 0.4) is 0 Å². The first kappa shape index (κ1) is 18.9. The first-order valence-electron chi connectivity index (χ1n) is 6.13. The van der Waals surface area contributed by atoms with Crippen LogP contribution in [0.2, 0.25) is 10.0 Å². The summed E-state index contributed by atoms with van der Waals surface area (Å²) in [6.45, 7) is 0. The molecule has 2 N–H and O–H groups in total. The monoisotopic (exact) mass is 406 g/mol. The van der Waals surface area contributed by atoms with E-state index in [4.69, 9.17) is 45.3 Å². The van der Waals surface area contributed by atoms with E-state index in [2.05, 4.69) is 20.5 Å². The fourth-order valence-electron chi connectivity index (χ4n) is 1.63. The molecule has 0 atom stereocenters. The van der Waals surface area contributed by atoms with Crippen LogP contribution in [0.5, 0.6) is 0 Å². The number of aromatic nitrogens is 2. The van der Waals surface area contributed by atoms with Crippen molar-refractivity contribution in [2.75, 3.05) is 5.43 Å². The number of hydrogen-bond acceptors (Lipinski definition) is 5. The summed E-state index contributed by atoms with van der Waals surface area (Å²) in [4.78, 5) is 6.21. The number of H-pyrrole nitrogens is 1. The standard InChI is InChI=1S/C13H4Cl3F3N6/c14-6-1-5(13(17,18)19)2-7(15)10(6)24-25-11(16)12-22-8(3-20)9(4-21)23-12/h1-2,24H,(H,22,23)/b25-11+. The van der Waals surface area contributed by atoms with Gasteiger partial charge >= 0.3 is 6.18 Å². The van der Waals surface area contributed by atoms with E-state index in [-0.39, 0.29) is 38.1 Å². The number of nitrogens with zero attached hydrogens (tertiary/aromatic N) is 4. The van der Waals surface area contributed by atoms with Crippen LogP contribution in [-0.2, 0) is 6.18 Å². The van der Waals surface area contributed by atoms with Crippen molar-refractivity contribution < 1.29 is 13.2 Å². The van der Waals surface area contributed by atoms with Gasteiger partial charge in [0.15, 0.2) is 22.4 Å². The van der Waals surface area contributed by atoms with Gasteiger partial charge in [-0.05, 0) is 12.1 Å². The van der Waals surface area contributed by atoms with E-state index in [1.54, 1.807) is 12.1 Å². The van der Waals surface area contributed by atoms with Crippen molar-refractivity contribution in [2.45, 2.75) is 6.18 Å². The third-order valence-corrected chi connectivity index (χ3v) is 3.61. The molecule has 0 bridgehead atoms. The maximum absolute atomic E-state index is 12.7. The number of hydrogen-bond donors (Lipinski definition) is 2. The number of rotatable bonds is 3. The Hall–Kier alpha value is -2.46. The van der Waals surface area contributed by atoms with E-state index in [0.29, 0.717) is 12.1 Å². The van der Waals surface area contributed by atoms with Crippen LogP contribution >= 0.6 is 34.8 Å². The minimum Gasteiger partial charge on any atom is -0.326 e. The molecule has 0 amide bonds. The Bertz CT molecular complexity index is 881. The smallest absolute Gasteiger partial charge is 0.326 e. The van der Waals surface area contributed by atoms with E-state index in [1.807, 2.05) is 0 Å². The van der Waals surface area contributed by atoms with Gasteiger partial charge in [0.05, 0.1) is 21.3 Å². The Labute approximate surface area is 153 Å². The predicted octanol–water partition coefficient (Wildman–Crippen LogP) is 4.49. The lowest BCUT2D eigenvalue weighted by atomic mass is 10.2. The Morgan fingerprint density at radius 1 is 1.20 bits per heavy atom. The van der Waals surface area contributed by atoms with E-state index in [1.165, 1.54) is 0 Å². The highest BCUT2D eigenvalue weighted by molar-refractivity contribution is 6.69. The minimum absolute atomic E-state index is 0.0959. The van der Waals surface area contributed by atoms with Gasteiger partial charge in [-0.3, -0.25) is 5.43 Å². The van der Waals surface area contributed by atoms with Crippen LogP contribution in [0.4, 0.5) is 18.9 Å². The lowest BCUT2D eigenvalue weighted by Gasteiger charge is -2.11. The summed E-state index contributed by atoms with van der Waals surface area (Å²) in [5, 5.41) is 20.3. The van der Waals surface area contributed by atoms with Crippen molar-refractivity contribution in [2.24, 2.45) is 5.10 Å². The summed E-state index contributed by atoms with van der Waals surface area (Å²) in [6, 6.07) is 4.75. The third-order valence-electron chi connectivity index (χ3n) is 2.75. The Kier molecular flexibility index (Phi) is 5.43. The van der Waals surface area contributed by atoms with Gasteiger partial charge in [0, 0.05) is 0 Å². The van der Waals surface area contributed by atoms with Crippen molar-refractivity contribution in [1.82, 2.24) is 9.97 Å². The van der Waals surface area contributed by atoms with Gasteiger partial charge in [-0.2, -0.15) is 28.8 Å². The van der Waals surface area contributed by atoms with Gasteiger partial charge in [-0.25, -0.2) is 4.98 Å². The third kappa shape index (κ3) is 4.15. The number of halogens is 6. The first-order valence-corrected chi connectivity index (χ1v) is 7.26. The molecule has 1 aromatic heterocycles. The van der Waals surface area contributed by atoms with Crippen molar-refractivity contribution >= 4 is 45.7 Å². The average Bonchev–Trinajstić information content (AvgIpc) is 2.96. The van der Waals surface area contributed by atoms with Crippen molar-refractivity contribution in [3.63, 3.8) is 0 Å². The van der Waals surface area contributed by atoms with E-state index in [9.17, 15) is 13.2 Å². The van der Waals surface area contributed by atoms with Crippen LogP contribution in [0.1, 0.15) is 22.8 Å². The van der Waals surface area contributed by atoms with E-state index >= 15 is 0 Å². The van der Waals surface area contributed by atoms with Crippen LogP contribution in [0.15, 0.2) is 17.2 Å². The zero-order valence-corrected chi connectivity index (χ0v) is 14.0. The molecule has 0 aliphatic rings. The zero-order chi connectivity index (χ0) is 18.8. The summed E-state index contributed by atoms with van der Waals surface area (Å²) in [7, 11) is 0. The second-order valence-electron chi connectivity index (χ2n) is 4.36. The molecule has 128 valence electrons. The molecular weight excluding hydrogens is 404 g/mol. The summed E-state index contributed by atoms with van der Waals surface area (Å²) in [5.41, 5.74) is 0.893. The molecule has 0 radical (unpaired) electrons. The largest absolute Gasteiger partial charge is 0.416 e. The molecule has 0 unspecified atom stereocenters. The van der Waals surface area contributed by atoms with Crippen molar-refractivity contribution in [3.05, 3.63) is 45.0 Å². The molecule has 0 saturated carbocycles. The summed E-state index contributed by atoms with van der Waals surface area (Å²) < 4.78 is 38.0. The second kappa shape index (κ2) is 7.19. The number of alkyl halides is 3. The minimum atomic E-state index is -4.61. The number of nitrogens with one attached hydrogen (secondary N) is 2. The quantitative estimate of drug-likeness (QED) is 0.578.